The van der Waals surface area contributed by atoms with Gasteiger partial charge in [0.15, 0.2) is 0 Å². The lowest BCUT2D eigenvalue weighted by atomic mass is 10.4. The SMILES string of the molecule is CC(C)n1ncnc1CNCCOCCCl. The number of aromatic nitrogens is 3. The molecule has 0 aliphatic carbocycles. The Morgan fingerprint density at radius 2 is 2.31 bits per heavy atom. The first-order valence-corrected chi connectivity index (χ1v) is 6.02. The minimum Gasteiger partial charge on any atom is -0.379 e. The third-order valence-electron chi connectivity index (χ3n) is 2.06. The van der Waals surface area contributed by atoms with Crippen molar-refractivity contribution in [1.29, 1.82) is 0 Å². The molecule has 0 bridgehead atoms. The van der Waals surface area contributed by atoms with E-state index in [2.05, 4.69) is 29.2 Å². The smallest absolute Gasteiger partial charge is 0.141 e. The second kappa shape index (κ2) is 7.60. The molecule has 5 nitrogen and oxygen atoms in total. The summed E-state index contributed by atoms with van der Waals surface area (Å²) in [6, 6.07) is 0.340. The first-order valence-electron chi connectivity index (χ1n) is 5.48. The molecule has 1 aromatic rings. The van der Waals surface area contributed by atoms with Gasteiger partial charge in [-0.1, -0.05) is 0 Å². The zero-order valence-electron chi connectivity index (χ0n) is 9.82. The van der Waals surface area contributed by atoms with E-state index in [-0.39, 0.29) is 0 Å². The zero-order valence-corrected chi connectivity index (χ0v) is 10.6. The summed E-state index contributed by atoms with van der Waals surface area (Å²) in [7, 11) is 0. The Morgan fingerprint density at radius 3 is 3.00 bits per heavy atom. The van der Waals surface area contributed by atoms with Crippen molar-refractivity contribution in [3.8, 4) is 0 Å². The Balaban J connectivity index is 2.19. The summed E-state index contributed by atoms with van der Waals surface area (Å²) < 4.78 is 7.15. The van der Waals surface area contributed by atoms with Crippen LogP contribution in [0.1, 0.15) is 25.7 Å². The lowest BCUT2D eigenvalue weighted by molar-refractivity contribution is 0.150. The van der Waals surface area contributed by atoms with Crippen LogP contribution in [0.2, 0.25) is 0 Å². The summed E-state index contributed by atoms with van der Waals surface area (Å²) in [4.78, 5) is 4.20. The molecule has 1 heterocycles. The Morgan fingerprint density at radius 1 is 1.50 bits per heavy atom. The largest absolute Gasteiger partial charge is 0.379 e. The Labute approximate surface area is 101 Å². The highest BCUT2D eigenvalue weighted by Gasteiger charge is 2.06. The molecule has 1 aromatic heterocycles. The summed E-state index contributed by atoms with van der Waals surface area (Å²) >= 11 is 5.48. The quantitative estimate of drug-likeness (QED) is 0.553. The molecule has 0 aliphatic heterocycles. The van der Waals surface area contributed by atoms with Crippen LogP contribution in [0.5, 0.6) is 0 Å². The van der Waals surface area contributed by atoms with E-state index in [1.165, 1.54) is 0 Å². The number of alkyl halides is 1. The second-order valence-corrected chi connectivity index (χ2v) is 4.07. The van der Waals surface area contributed by atoms with Crippen LogP contribution in [0.15, 0.2) is 6.33 Å². The van der Waals surface area contributed by atoms with Gasteiger partial charge in [-0.2, -0.15) is 5.10 Å². The predicted molar refractivity (Wildman–Crippen MR) is 63.7 cm³/mol. The number of hydrogen-bond donors (Lipinski definition) is 1. The molecule has 0 radical (unpaired) electrons. The van der Waals surface area contributed by atoms with Crippen LogP contribution in [0.25, 0.3) is 0 Å². The topological polar surface area (TPSA) is 52.0 Å². The molecule has 0 amide bonds. The third kappa shape index (κ3) is 4.47. The van der Waals surface area contributed by atoms with Crippen LogP contribution in [0.4, 0.5) is 0 Å². The maximum Gasteiger partial charge on any atom is 0.141 e. The summed E-state index contributed by atoms with van der Waals surface area (Å²) in [5.74, 6) is 1.49. The van der Waals surface area contributed by atoms with Gasteiger partial charge in [0.25, 0.3) is 0 Å². The molecular weight excluding hydrogens is 228 g/mol. The number of nitrogens with one attached hydrogen (secondary N) is 1. The molecule has 92 valence electrons. The molecule has 0 fully saturated rings. The van der Waals surface area contributed by atoms with Gasteiger partial charge in [0.2, 0.25) is 0 Å². The highest BCUT2D eigenvalue weighted by molar-refractivity contribution is 6.17. The fraction of sp³-hybridized carbons (Fsp3) is 0.800. The average Bonchev–Trinajstić information content (AvgIpc) is 2.71. The molecule has 16 heavy (non-hydrogen) atoms. The van der Waals surface area contributed by atoms with Gasteiger partial charge in [-0.05, 0) is 13.8 Å². The van der Waals surface area contributed by atoms with Crippen molar-refractivity contribution in [2.24, 2.45) is 0 Å². The summed E-state index contributed by atoms with van der Waals surface area (Å²) in [6.07, 6.45) is 1.58. The van der Waals surface area contributed by atoms with E-state index in [0.29, 0.717) is 31.7 Å². The number of nitrogens with zero attached hydrogens (tertiary/aromatic N) is 3. The van der Waals surface area contributed by atoms with Crippen molar-refractivity contribution < 1.29 is 4.74 Å². The van der Waals surface area contributed by atoms with Gasteiger partial charge < -0.3 is 10.1 Å². The molecule has 0 aromatic carbocycles. The van der Waals surface area contributed by atoms with Crippen molar-refractivity contribution in [1.82, 2.24) is 20.1 Å². The highest BCUT2D eigenvalue weighted by Crippen LogP contribution is 2.04. The van der Waals surface area contributed by atoms with Crippen molar-refractivity contribution in [2.45, 2.75) is 26.4 Å². The fourth-order valence-electron chi connectivity index (χ4n) is 1.33. The van der Waals surface area contributed by atoms with Gasteiger partial charge in [0.1, 0.15) is 12.2 Å². The van der Waals surface area contributed by atoms with Gasteiger partial charge in [0, 0.05) is 18.5 Å². The molecular formula is C10H19ClN4O. The molecule has 0 saturated carbocycles. The lowest BCUT2D eigenvalue weighted by Crippen LogP contribution is -2.22. The molecule has 0 spiro atoms. The van der Waals surface area contributed by atoms with E-state index < -0.39 is 0 Å². The van der Waals surface area contributed by atoms with Crippen molar-refractivity contribution in [3.63, 3.8) is 0 Å². The summed E-state index contributed by atoms with van der Waals surface area (Å²) in [6.45, 7) is 6.95. The molecule has 0 aliphatic rings. The average molecular weight is 247 g/mol. The molecule has 1 rings (SSSR count). The summed E-state index contributed by atoms with van der Waals surface area (Å²) in [5, 5.41) is 7.41. The number of rotatable bonds is 8. The third-order valence-corrected chi connectivity index (χ3v) is 2.22. The number of ether oxygens (including phenoxy) is 1. The van der Waals surface area contributed by atoms with Crippen LogP contribution in [-0.2, 0) is 11.3 Å². The Bertz CT molecular complexity index is 290. The van der Waals surface area contributed by atoms with E-state index >= 15 is 0 Å². The van der Waals surface area contributed by atoms with Crippen LogP contribution in [-0.4, -0.2) is 40.4 Å². The van der Waals surface area contributed by atoms with Gasteiger partial charge in [-0.3, -0.25) is 0 Å². The monoisotopic (exact) mass is 246 g/mol. The minimum absolute atomic E-state index is 0.340. The molecule has 6 heteroatoms. The first kappa shape index (κ1) is 13.4. The van der Waals surface area contributed by atoms with E-state index in [0.717, 1.165) is 12.4 Å². The predicted octanol–water partition coefficient (Wildman–Crippen LogP) is 1.20. The van der Waals surface area contributed by atoms with E-state index in [9.17, 15) is 0 Å². The zero-order chi connectivity index (χ0) is 11.8. The standard InChI is InChI=1S/C10H19ClN4O/c1-9(2)15-10(13-8-14-15)7-12-4-6-16-5-3-11/h8-9,12H,3-7H2,1-2H3. The fourth-order valence-corrected chi connectivity index (χ4v) is 1.44. The Kier molecular flexibility index (Phi) is 6.37. The van der Waals surface area contributed by atoms with E-state index in [1.807, 2.05) is 4.68 Å². The maximum atomic E-state index is 5.48. The second-order valence-electron chi connectivity index (χ2n) is 3.69. The lowest BCUT2D eigenvalue weighted by Gasteiger charge is -2.10. The van der Waals surface area contributed by atoms with Gasteiger partial charge >= 0.3 is 0 Å². The van der Waals surface area contributed by atoms with Crippen LogP contribution in [0, 0.1) is 0 Å². The van der Waals surface area contributed by atoms with Crippen LogP contribution >= 0.6 is 11.6 Å². The normalized spacial score (nSPS) is 11.2. The van der Waals surface area contributed by atoms with Gasteiger partial charge in [-0.15, -0.1) is 11.6 Å². The molecule has 0 unspecified atom stereocenters. The molecule has 1 N–H and O–H groups in total. The minimum atomic E-state index is 0.340. The highest BCUT2D eigenvalue weighted by atomic mass is 35.5. The van der Waals surface area contributed by atoms with Crippen molar-refractivity contribution >= 4 is 11.6 Å². The number of hydrogen-bond acceptors (Lipinski definition) is 4. The van der Waals surface area contributed by atoms with E-state index in [1.54, 1.807) is 6.33 Å². The maximum absolute atomic E-state index is 5.48. The number of halogens is 1. The van der Waals surface area contributed by atoms with Crippen LogP contribution < -0.4 is 5.32 Å². The van der Waals surface area contributed by atoms with Crippen molar-refractivity contribution in [3.05, 3.63) is 12.2 Å². The van der Waals surface area contributed by atoms with Gasteiger partial charge in [0.05, 0.1) is 19.8 Å². The summed E-state index contributed by atoms with van der Waals surface area (Å²) in [5.41, 5.74) is 0. The Hall–Kier alpha value is -0.650. The van der Waals surface area contributed by atoms with Crippen LogP contribution in [0.3, 0.4) is 0 Å². The molecule has 0 atom stereocenters. The van der Waals surface area contributed by atoms with E-state index in [4.69, 9.17) is 16.3 Å². The van der Waals surface area contributed by atoms with Gasteiger partial charge in [-0.25, -0.2) is 9.67 Å². The first-order chi connectivity index (χ1) is 7.75. The van der Waals surface area contributed by atoms with Crippen molar-refractivity contribution in [2.75, 3.05) is 25.6 Å². The molecule has 0 saturated heterocycles.